The predicted octanol–water partition coefficient (Wildman–Crippen LogP) is 3.07. The summed E-state index contributed by atoms with van der Waals surface area (Å²) in [5.41, 5.74) is 0.566. The Labute approximate surface area is 130 Å². The number of hydrogen-bond donors (Lipinski definition) is 2. The highest BCUT2D eigenvalue weighted by Gasteiger charge is 2.10. The number of anilines is 1. The van der Waals surface area contributed by atoms with E-state index in [1.54, 1.807) is 18.2 Å². The fourth-order valence-electron chi connectivity index (χ4n) is 1.92. The average molecular weight is 309 g/mol. The van der Waals surface area contributed by atoms with E-state index in [1.807, 2.05) is 13.8 Å². The average Bonchev–Trinajstić information content (AvgIpc) is 2.46. The summed E-state index contributed by atoms with van der Waals surface area (Å²) in [4.78, 5) is 22.3. The molecule has 6 heteroatoms. The monoisotopic (exact) mass is 309 g/mol. The maximum Gasteiger partial charge on any atom is 0.303 e. The number of nitrogens with one attached hydrogen (secondary N) is 1. The minimum absolute atomic E-state index is 0.0807. The van der Waals surface area contributed by atoms with E-state index in [0.29, 0.717) is 43.2 Å². The molecule has 6 nitrogen and oxygen atoms in total. The highest BCUT2D eigenvalue weighted by atomic mass is 16.5. The molecular formula is C16H23NO5. The highest BCUT2D eigenvalue weighted by Crippen LogP contribution is 2.29. The molecule has 1 aromatic carbocycles. The van der Waals surface area contributed by atoms with E-state index in [1.165, 1.54) is 0 Å². The van der Waals surface area contributed by atoms with Gasteiger partial charge >= 0.3 is 5.97 Å². The summed E-state index contributed by atoms with van der Waals surface area (Å²) in [6.07, 6.45) is 1.38. The van der Waals surface area contributed by atoms with E-state index >= 15 is 0 Å². The first kappa shape index (κ1) is 17.8. The molecule has 0 aliphatic rings. The molecule has 0 aromatic heterocycles. The normalized spacial score (nSPS) is 10.1. The Morgan fingerprint density at radius 3 is 2.41 bits per heavy atom. The Morgan fingerprint density at radius 2 is 1.77 bits per heavy atom. The molecule has 0 atom stereocenters. The van der Waals surface area contributed by atoms with Gasteiger partial charge in [-0.1, -0.05) is 0 Å². The molecule has 0 radical (unpaired) electrons. The largest absolute Gasteiger partial charge is 0.494 e. The van der Waals surface area contributed by atoms with E-state index in [-0.39, 0.29) is 18.7 Å². The van der Waals surface area contributed by atoms with Gasteiger partial charge in [0.2, 0.25) is 5.91 Å². The number of carboxylic acids is 1. The zero-order valence-electron chi connectivity index (χ0n) is 13.1. The van der Waals surface area contributed by atoms with Gasteiger partial charge in [0.15, 0.2) is 0 Å². The van der Waals surface area contributed by atoms with Gasteiger partial charge in [-0.3, -0.25) is 9.59 Å². The molecule has 0 heterocycles. The molecule has 0 aliphatic heterocycles. The Morgan fingerprint density at radius 1 is 1.09 bits per heavy atom. The third-order valence-corrected chi connectivity index (χ3v) is 2.88. The first-order valence-corrected chi connectivity index (χ1v) is 7.48. The van der Waals surface area contributed by atoms with Crippen LogP contribution in [-0.4, -0.2) is 30.2 Å². The molecule has 2 N–H and O–H groups in total. The molecule has 122 valence electrons. The van der Waals surface area contributed by atoms with Crippen LogP contribution >= 0.6 is 0 Å². The van der Waals surface area contributed by atoms with Crippen molar-refractivity contribution in [3.05, 3.63) is 18.2 Å². The Balaban J connectivity index is 2.62. The van der Waals surface area contributed by atoms with Gasteiger partial charge in [0.1, 0.15) is 11.5 Å². The van der Waals surface area contributed by atoms with Crippen molar-refractivity contribution in [2.24, 2.45) is 0 Å². The van der Waals surface area contributed by atoms with Crippen molar-refractivity contribution >= 4 is 17.6 Å². The molecule has 0 spiro atoms. The maximum absolute atomic E-state index is 11.9. The van der Waals surface area contributed by atoms with Crippen molar-refractivity contribution in [1.82, 2.24) is 0 Å². The van der Waals surface area contributed by atoms with Crippen LogP contribution in [0.4, 0.5) is 5.69 Å². The lowest BCUT2D eigenvalue weighted by Gasteiger charge is -2.13. The highest BCUT2D eigenvalue weighted by molar-refractivity contribution is 5.92. The number of carbonyl (C=O) groups excluding carboxylic acids is 1. The van der Waals surface area contributed by atoms with E-state index in [4.69, 9.17) is 14.6 Å². The van der Waals surface area contributed by atoms with Crippen molar-refractivity contribution in [3.8, 4) is 11.5 Å². The molecular weight excluding hydrogens is 286 g/mol. The molecule has 22 heavy (non-hydrogen) atoms. The second-order valence-electron chi connectivity index (χ2n) is 4.67. The smallest absolute Gasteiger partial charge is 0.303 e. The Hall–Kier alpha value is -2.24. The van der Waals surface area contributed by atoms with Gasteiger partial charge in [0, 0.05) is 18.9 Å². The third kappa shape index (κ3) is 6.47. The number of carboxylic acid groups (broad SMARTS) is 1. The number of ether oxygens (including phenoxy) is 2. The number of amides is 1. The summed E-state index contributed by atoms with van der Waals surface area (Å²) in [7, 11) is 0. The van der Waals surface area contributed by atoms with Crippen molar-refractivity contribution in [1.29, 1.82) is 0 Å². The molecule has 0 aliphatic carbocycles. The zero-order valence-corrected chi connectivity index (χ0v) is 13.1. The van der Waals surface area contributed by atoms with Crippen LogP contribution in [-0.2, 0) is 9.59 Å². The summed E-state index contributed by atoms with van der Waals surface area (Å²) in [5.74, 6) is 0.236. The SMILES string of the molecule is CCOc1ccc(OCC)c(NC(=O)CCCCC(=O)O)c1. The lowest BCUT2D eigenvalue weighted by Crippen LogP contribution is -2.12. The first-order valence-electron chi connectivity index (χ1n) is 7.48. The Kier molecular flexibility index (Phi) is 7.81. The van der Waals surface area contributed by atoms with Gasteiger partial charge in [-0.05, 0) is 38.8 Å². The van der Waals surface area contributed by atoms with Gasteiger partial charge < -0.3 is 19.9 Å². The van der Waals surface area contributed by atoms with E-state index in [2.05, 4.69) is 5.32 Å². The number of hydrogen-bond acceptors (Lipinski definition) is 4. The van der Waals surface area contributed by atoms with Crippen LogP contribution in [0.15, 0.2) is 18.2 Å². The number of carbonyl (C=O) groups is 2. The molecule has 0 fully saturated rings. The second kappa shape index (κ2) is 9.65. The van der Waals surface area contributed by atoms with Crippen LogP contribution in [0.1, 0.15) is 39.5 Å². The number of benzene rings is 1. The van der Waals surface area contributed by atoms with Gasteiger partial charge in [0.05, 0.1) is 18.9 Å². The molecule has 1 aromatic rings. The van der Waals surface area contributed by atoms with Gasteiger partial charge in [-0.2, -0.15) is 0 Å². The number of aliphatic carboxylic acids is 1. The lowest BCUT2D eigenvalue weighted by molar-refractivity contribution is -0.137. The fourth-order valence-corrected chi connectivity index (χ4v) is 1.92. The van der Waals surface area contributed by atoms with E-state index < -0.39 is 5.97 Å². The van der Waals surface area contributed by atoms with Gasteiger partial charge in [-0.15, -0.1) is 0 Å². The summed E-state index contributed by atoms with van der Waals surface area (Å²) in [5, 5.41) is 11.4. The standard InChI is InChI=1S/C16H23NO5/c1-3-21-12-9-10-14(22-4-2)13(11-12)17-15(18)7-5-6-8-16(19)20/h9-11H,3-8H2,1-2H3,(H,17,18)(H,19,20). The molecule has 0 saturated heterocycles. The molecule has 1 amide bonds. The molecule has 0 unspecified atom stereocenters. The second-order valence-corrected chi connectivity index (χ2v) is 4.67. The topological polar surface area (TPSA) is 84.9 Å². The molecule has 0 saturated carbocycles. The van der Waals surface area contributed by atoms with Crippen LogP contribution in [0.2, 0.25) is 0 Å². The van der Waals surface area contributed by atoms with E-state index in [0.717, 1.165) is 0 Å². The Bertz CT molecular complexity index is 501. The zero-order chi connectivity index (χ0) is 16.4. The van der Waals surface area contributed by atoms with Crippen molar-refractivity contribution in [2.75, 3.05) is 18.5 Å². The van der Waals surface area contributed by atoms with Crippen LogP contribution in [0.25, 0.3) is 0 Å². The molecule has 0 bridgehead atoms. The van der Waals surface area contributed by atoms with Gasteiger partial charge in [-0.25, -0.2) is 0 Å². The van der Waals surface area contributed by atoms with Crippen LogP contribution < -0.4 is 14.8 Å². The number of unbranched alkanes of at least 4 members (excludes halogenated alkanes) is 1. The van der Waals surface area contributed by atoms with Crippen molar-refractivity contribution in [2.45, 2.75) is 39.5 Å². The van der Waals surface area contributed by atoms with Crippen molar-refractivity contribution < 1.29 is 24.2 Å². The van der Waals surface area contributed by atoms with Crippen LogP contribution in [0.5, 0.6) is 11.5 Å². The van der Waals surface area contributed by atoms with Gasteiger partial charge in [0.25, 0.3) is 0 Å². The lowest BCUT2D eigenvalue weighted by atomic mass is 10.2. The van der Waals surface area contributed by atoms with Crippen LogP contribution in [0, 0.1) is 0 Å². The van der Waals surface area contributed by atoms with Crippen LogP contribution in [0.3, 0.4) is 0 Å². The minimum atomic E-state index is -0.844. The summed E-state index contributed by atoms with van der Waals surface area (Å²) >= 11 is 0. The summed E-state index contributed by atoms with van der Waals surface area (Å²) in [6, 6.07) is 5.27. The molecule has 1 rings (SSSR count). The third-order valence-electron chi connectivity index (χ3n) is 2.88. The minimum Gasteiger partial charge on any atom is -0.494 e. The first-order chi connectivity index (χ1) is 10.6. The summed E-state index contributed by atoms with van der Waals surface area (Å²) in [6.45, 7) is 4.79. The van der Waals surface area contributed by atoms with E-state index in [9.17, 15) is 9.59 Å². The fraction of sp³-hybridized carbons (Fsp3) is 0.500. The van der Waals surface area contributed by atoms with Crippen molar-refractivity contribution in [3.63, 3.8) is 0 Å². The maximum atomic E-state index is 11.9. The summed E-state index contributed by atoms with van der Waals surface area (Å²) < 4.78 is 10.9. The predicted molar refractivity (Wildman–Crippen MR) is 83.5 cm³/mol. The quantitative estimate of drug-likeness (QED) is 0.649. The number of rotatable bonds is 10.